The van der Waals surface area contributed by atoms with Crippen LogP contribution in [-0.4, -0.2) is 37.6 Å². The van der Waals surface area contributed by atoms with E-state index in [1.165, 1.54) is 4.90 Å². The average molecular weight is 429 g/mol. The molecule has 0 unspecified atom stereocenters. The molecule has 3 rings (SSSR count). The summed E-state index contributed by atoms with van der Waals surface area (Å²) in [5.41, 5.74) is 1.30. The molecule has 1 heterocycles. The topological polar surface area (TPSA) is 67.9 Å². The van der Waals surface area contributed by atoms with Crippen LogP contribution in [0.3, 0.4) is 0 Å². The number of anilines is 1. The lowest BCUT2D eigenvalue weighted by atomic mass is 10.1. The predicted molar refractivity (Wildman–Crippen MR) is 118 cm³/mol. The number of hydrogen-bond acceptors (Lipinski definition) is 4. The fourth-order valence-electron chi connectivity index (χ4n) is 2.99. The molecule has 0 spiro atoms. The Labute approximate surface area is 181 Å². The van der Waals surface area contributed by atoms with Crippen LogP contribution in [0.1, 0.15) is 25.8 Å². The van der Waals surface area contributed by atoms with Gasteiger partial charge in [-0.2, -0.15) is 0 Å². The zero-order valence-corrected chi connectivity index (χ0v) is 17.8. The van der Waals surface area contributed by atoms with Gasteiger partial charge in [-0.25, -0.2) is 0 Å². The molecule has 0 fully saturated rings. The first-order chi connectivity index (χ1) is 14.4. The standard InChI is InChI=1S/C23H25ClN2O4/c1-16(2)29-12-6-11-25-22(27)15-26-19-9-3-4-10-20(19)30-21(23(26)28)14-17-7-5-8-18(24)13-17/h3-5,7-10,13-14,16H,6,11-12,15H2,1-2H3,(H,25,27)/b21-14+. The Hall–Kier alpha value is -2.83. The normalized spacial score (nSPS) is 14.6. The number of nitrogens with zero attached hydrogens (tertiary/aromatic N) is 1. The SMILES string of the molecule is CC(C)OCCCNC(=O)CN1C(=O)/C(=C\c2cccc(Cl)c2)Oc2ccccc21. The van der Waals surface area contributed by atoms with Crippen molar-refractivity contribution >= 4 is 35.2 Å². The number of halogens is 1. The molecule has 7 heteroatoms. The fraction of sp³-hybridized carbons (Fsp3) is 0.304. The molecule has 2 aromatic carbocycles. The number of rotatable bonds is 8. The summed E-state index contributed by atoms with van der Waals surface area (Å²) in [6, 6.07) is 14.3. The van der Waals surface area contributed by atoms with Gasteiger partial charge in [0, 0.05) is 18.2 Å². The molecule has 158 valence electrons. The van der Waals surface area contributed by atoms with Gasteiger partial charge in [-0.3, -0.25) is 14.5 Å². The lowest BCUT2D eigenvalue weighted by Gasteiger charge is -2.30. The minimum absolute atomic E-state index is 0.100. The van der Waals surface area contributed by atoms with Crippen LogP contribution in [0.4, 0.5) is 5.69 Å². The van der Waals surface area contributed by atoms with Gasteiger partial charge in [-0.15, -0.1) is 0 Å². The summed E-state index contributed by atoms with van der Waals surface area (Å²) in [5.74, 6) is 0.0243. The van der Waals surface area contributed by atoms with E-state index in [2.05, 4.69) is 5.32 Å². The van der Waals surface area contributed by atoms with Crippen LogP contribution < -0.4 is 15.0 Å². The quantitative estimate of drug-likeness (QED) is 0.509. The van der Waals surface area contributed by atoms with Crippen molar-refractivity contribution in [3.8, 4) is 5.75 Å². The minimum Gasteiger partial charge on any atom is -0.449 e. The van der Waals surface area contributed by atoms with E-state index in [-0.39, 0.29) is 30.2 Å². The highest BCUT2D eigenvalue weighted by molar-refractivity contribution is 6.30. The van der Waals surface area contributed by atoms with Crippen molar-refractivity contribution in [2.45, 2.75) is 26.4 Å². The molecule has 2 amide bonds. The molecule has 0 radical (unpaired) electrons. The molecule has 0 aromatic heterocycles. The largest absolute Gasteiger partial charge is 0.449 e. The van der Waals surface area contributed by atoms with Crippen LogP contribution >= 0.6 is 11.6 Å². The molecule has 1 N–H and O–H groups in total. The summed E-state index contributed by atoms with van der Waals surface area (Å²) < 4.78 is 11.3. The maximum absolute atomic E-state index is 13.1. The molecular formula is C23H25ClN2O4. The number of carbonyl (C=O) groups excluding carboxylic acids is 2. The van der Waals surface area contributed by atoms with Gasteiger partial charge in [0.15, 0.2) is 11.5 Å². The molecule has 0 saturated heterocycles. The molecule has 0 atom stereocenters. The number of ether oxygens (including phenoxy) is 2. The second-order valence-electron chi connectivity index (χ2n) is 7.15. The Morgan fingerprint density at radius 1 is 1.23 bits per heavy atom. The Morgan fingerprint density at radius 2 is 2.03 bits per heavy atom. The van der Waals surface area contributed by atoms with Gasteiger partial charge in [-0.05, 0) is 56.2 Å². The lowest BCUT2D eigenvalue weighted by molar-refractivity contribution is -0.123. The third kappa shape index (κ3) is 5.84. The van der Waals surface area contributed by atoms with E-state index in [4.69, 9.17) is 21.1 Å². The van der Waals surface area contributed by atoms with Gasteiger partial charge in [0.25, 0.3) is 5.91 Å². The van der Waals surface area contributed by atoms with Crippen molar-refractivity contribution in [1.29, 1.82) is 0 Å². The van der Waals surface area contributed by atoms with E-state index in [0.717, 1.165) is 5.56 Å². The van der Waals surface area contributed by atoms with E-state index in [0.29, 0.717) is 36.0 Å². The molecule has 2 aromatic rings. The highest BCUT2D eigenvalue weighted by atomic mass is 35.5. The van der Waals surface area contributed by atoms with E-state index < -0.39 is 0 Å². The number of para-hydroxylation sites is 2. The van der Waals surface area contributed by atoms with Crippen LogP contribution in [-0.2, 0) is 14.3 Å². The van der Waals surface area contributed by atoms with Crippen LogP contribution in [0.25, 0.3) is 6.08 Å². The smallest absolute Gasteiger partial charge is 0.294 e. The lowest BCUT2D eigenvalue weighted by Crippen LogP contribution is -2.44. The molecule has 0 aliphatic carbocycles. The van der Waals surface area contributed by atoms with Crippen LogP contribution in [0.15, 0.2) is 54.3 Å². The molecule has 0 saturated carbocycles. The summed E-state index contributed by atoms with van der Waals surface area (Å²) >= 11 is 6.04. The number of amides is 2. The average Bonchev–Trinajstić information content (AvgIpc) is 2.70. The molecule has 6 nitrogen and oxygen atoms in total. The Bertz CT molecular complexity index is 942. The van der Waals surface area contributed by atoms with Crippen LogP contribution in [0.5, 0.6) is 5.75 Å². The van der Waals surface area contributed by atoms with Crippen molar-refractivity contribution in [2.24, 2.45) is 0 Å². The van der Waals surface area contributed by atoms with Crippen molar-refractivity contribution in [2.75, 3.05) is 24.6 Å². The minimum atomic E-state index is -0.382. The number of hydrogen-bond donors (Lipinski definition) is 1. The van der Waals surface area contributed by atoms with E-state index in [1.54, 1.807) is 42.5 Å². The van der Waals surface area contributed by atoms with Crippen LogP contribution in [0, 0.1) is 0 Å². The van der Waals surface area contributed by atoms with Gasteiger partial charge in [0.05, 0.1) is 11.8 Å². The first-order valence-corrected chi connectivity index (χ1v) is 10.3. The first kappa shape index (κ1) is 21.9. The van der Waals surface area contributed by atoms with Crippen LogP contribution in [0.2, 0.25) is 5.02 Å². The molecule has 30 heavy (non-hydrogen) atoms. The Balaban J connectivity index is 1.72. The van der Waals surface area contributed by atoms with Crippen molar-refractivity contribution < 1.29 is 19.1 Å². The Morgan fingerprint density at radius 3 is 2.80 bits per heavy atom. The molecule has 1 aliphatic rings. The van der Waals surface area contributed by atoms with E-state index in [9.17, 15) is 9.59 Å². The Kier molecular flexibility index (Phi) is 7.49. The summed E-state index contributed by atoms with van der Waals surface area (Å²) in [4.78, 5) is 26.9. The van der Waals surface area contributed by atoms with Crippen molar-refractivity contribution in [3.63, 3.8) is 0 Å². The monoisotopic (exact) mass is 428 g/mol. The number of carbonyl (C=O) groups is 2. The highest BCUT2D eigenvalue weighted by Crippen LogP contribution is 2.35. The maximum Gasteiger partial charge on any atom is 0.294 e. The molecular weight excluding hydrogens is 404 g/mol. The second kappa shape index (κ2) is 10.3. The zero-order chi connectivity index (χ0) is 21.5. The summed E-state index contributed by atoms with van der Waals surface area (Å²) in [7, 11) is 0. The fourth-order valence-corrected chi connectivity index (χ4v) is 3.18. The second-order valence-corrected chi connectivity index (χ2v) is 7.58. The molecule has 1 aliphatic heterocycles. The van der Waals surface area contributed by atoms with Gasteiger partial charge < -0.3 is 14.8 Å². The maximum atomic E-state index is 13.1. The first-order valence-electron chi connectivity index (χ1n) is 9.88. The zero-order valence-electron chi connectivity index (χ0n) is 17.1. The summed E-state index contributed by atoms with van der Waals surface area (Å²) in [6.07, 6.45) is 2.49. The molecule has 0 bridgehead atoms. The van der Waals surface area contributed by atoms with Gasteiger partial charge >= 0.3 is 0 Å². The highest BCUT2D eigenvalue weighted by Gasteiger charge is 2.31. The third-order valence-corrected chi connectivity index (χ3v) is 4.61. The number of fused-ring (bicyclic) bond motifs is 1. The van der Waals surface area contributed by atoms with E-state index in [1.807, 2.05) is 26.0 Å². The van der Waals surface area contributed by atoms with Crippen molar-refractivity contribution in [3.05, 3.63) is 64.9 Å². The van der Waals surface area contributed by atoms with Gasteiger partial charge in [0.2, 0.25) is 5.91 Å². The summed E-state index contributed by atoms with van der Waals surface area (Å²) in [6.45, 7) is 4.89. The summed E-state index contributed by atoms with van der Waals surface area (Å²) in [5, 5.41) is 3.40. The number of benzene rings is 2. The van der Waals surface area contributed by atoms with Gasteiger partial charge in [0.1, 0.15) is 6.54 Å². The van der Waals surface area contributed by atoms with Gasteiger partial charge in [-0.1, -0.05) is 35.9 Å². The third-order valence-electron chi connectivity index (χ3n) is 4.37. The number of nitrogens with one attached hydrogen (secondary N) is 1. The van der Waals surface area contributed by atoms with E-state index >= 15 is 0 Å². The van der Waals surface area contributed by atoms with Crippen molar-refractivity contribution in [1.82, 2.24) is 5.32 Å². The predicted octanol–water partition coefficient (Wildman–Crippen LogP) is 4.04.